The van der Waals surface area contributed by atoms with Crippen LogP contribution in [0.5, 0.6) is 0 Å². The van der Waals surface area contributed by atoms with Gasteiger partial charge in [-0.25, -0.2) is 9.78 Å². The van der Waals surface area contributed by atoms with Gasteiger partial charge in [0.2, 0.25) is 0 Å². The summed E-state index contributed by atoms with van der Waals surface area (Å²) in [6.45, 7) is 7.23. The summed E-state index contributed by atoms with van der Waals surface area (Å²) in [4.78, 5) is 15.3. The van der Waals surface area contributed by atoms with Gasteiger partial charge in [-0.3, -0.25) is 5.32 Å². The summed E-state index contributed by atoms with van der Waals surface area (Å²) in [5.74, 6) is 0.410. The smallest absolute Gasteiger partial charge is 0.413 e. The number of nitrogens with one attached hydrogen (secondary N) is 1. The summed E-state index contributed by atoms with van der Waals surface area (Å²) >= 11 is 3.28. The Morgan fingerprint density at radius 3 is 3.00 bits per heavy atom. The molecule has 84 valence electrons. The molecule has 0 saturated carbocycles. The number of hydrogen-bond acceptors (Lipinski definition) is 3. The molecule has 0 bridgehead atoms. The molecular weight excluding hydrogens is 272 g/mol. The number of ether oxygens (including phenoxy) is 1. The summed E-state index contributed by atoms with van der Waals surface area (Å²) in [5, 5.41) is 2.51. The molecule has 1 aromatic heterocycles. The molecular formula is C11H11BrN2O2. The molecule has 0 unspecified atom stereocenters. The van der Waals surface area contributed by atoms with Crippen LogP contribution in [0.2, 0.25) is 0 Å². The standard InChI is InChI=1S/C11H11BrN2O2/c1-3-5-16-11(15)14-10-8(4-2)6-9(12)7-13-10/h3-4,6-7H,1-2,5H2,(H,13,14,15). The third-order valence-electron chi connectivity index (χ3n) is 1.66. The van der Waals surface area contributed by atoms with Gasteiger partial charge in [0.15, 0.2) is 0 Å². The van der Waals surface area contributed by atoms with Gasteiger partial charge in [0, 0.05) is 16.2 Å². The lowest BCUT2D eigenvalue weighted by atomic mass is 10.2. The zero-order chi connectivity index (χ0) is 12.0. The fourth-order valence-electron chi connectivity index (χ4n) is 0.982. The number of amides is 1. The Labute approximate surface area is 102 Å². The van der Waals surface area contributed by atoms with Crippen LogP contribution in [-0.4, -0.2) is 17.7 Å². The summed E-state index contributed by atoms with van der Waals surface area (Å²) in [7, 11) is 0. The number of halogens is 1. The molecule has 16 heavy (non-hydrogen) atoms. The second-order valence-corrected chi connectivity index (χ2v) is 3.72. The minimum atomic E-state index is -0.571. The highest BCUT2D eigenvalue weighted by molar-refractivity contribution is 9.10. The molecule has 0 aliphatic heterocycles. The van der Waals surface area contributed by atoms with Crippen molar-refractivity contribution < 1.29 is 9.53 Å². The maximum Gasteiger partial charge on any atom is 0.413 e. The largest absolute Gasteiger partial charge is 0.445 e. The highest BCUT2D eigenvalue weighted by Crippen LogP contribution is 2.18. The van der Waals surface area contributed by atoms with Crippen molar-refractivity contribution in [3.8, 4) is 0 Å². The molecule has 1 amide bonds. The van der Waals surface area contributed by atoms with Crippen molar-refractivity contribution in [2.75, 3.05) is 11.9 Å². The van der Waals surface area contributed by atoms with Crippen molar-refractivity contribution in [2.45, 2.75) is 0 Å². The van der Waals surface area contributed by atoms with Crippen molar-refractivity contribution in [3.63, 3.8) is 0 Å². The molecule has 1 heterocycles. The van der Waals surface area contributed by atoms with Crippen LogP contribution < -0.4 is 5.32 Å². The van der Waals surface area contributed by atoms with Crippen LogP contribution in [0.15, 0.2) is 36.0 Å². The van der Waals surface area contributed by atoms with Gasteiger partial charge in [-0.1, -0.05) is 25.3 Å². The van der Waals surface area contributed by atoms with Gasteiger partial charge in [-0.2, -0.15) is 0 Å². The fourth-order valence-corrected chi connectivity index (χ4v) is 1.33. The molecule has 0 aliphatic rings. The molecule has 0 fully saturated rings. The predicted molar refractivity (Wildman–Crippen MR) is 67.2 cm³/mol. The maximum atomic E-state index is 11.3. The highest BCUT2D eigenvalue weighted by Gasteiger charge is 2.07. The first kappa shape index (κ1) is 12.4. The van der Waals surface area contributed by atoms with Gasteiger partial charge in [-0.15, -0.1) is 0 Å². The fraction of sp³-hybridized carbons (Fsp3) is 0.0909. The zero-order valence-electron chi connectivity index (χ0n) is 8.57. The van der Waals surface area contributed by atoms with Crippen molar-refractivity contribution in [1.29, 1.82) is 0 Å². The number of aromatic nitrogens is 1. The lowest BCUT2D eigenvalue weighted by Gasteiger charge is -2.07. The molecule has 0 radical (unpaired) electrons. The minimum Gasteiger partial charge on any atom is -0.445 e. The highest BCUT2D eigenvalue weighted by atomic mass is 79.9. The second kappa shape index (κ2) is 6.07. The van der Waals surface area contributed by atoms with Gasteiger partial charge in [0.25, 0.3) is 0 Å². The van der Waals surface area contributed by atoms with E-state index in [-0.39, 0.29) is 6.61 Å². The lowest BCUT2D eigenvalue weighted by molar-refractivity contribution is 0.174. The quantitative estimate of drug-likeness (QED) is 0.863. The van der Waals surface area contributed by atoms with Gasteiger partial charge in [0.1, 0.15) is 12.4 Å². The van der Waals surface area contributed by atoms with Crippen LogP contribution in [-0.2, 0) is 4.74 Å². The van der Waals surface area contributed by atoms with E-state index in [9.17, 15) is 4.79 Å². The van der Waals surface area contributed by atoms with Crippen LogP contribution >= 0.6 is 15.9 Å². The van der Waals surface area contributed by atoms with E-state index < -0.39 is 6.09 Å². The number of carbonyl (C=O) groups excluding carboxylic acids is 1. The molecule has 0 aromatic carbocycles. The van der Waals surface area contributed by atoms with Crippen molar-refractivity contribution in [2.24, 2.45) is 0 Å². The van der Waals surface area contributed by atoms with Crippen molar-refractivity contribution in [3.05, 3.63) is 41.5 Å². The van der Waals surface area contributed by atoms with E-state index in [4.69, 9.17) is 4.74 Å². The number of rotatable bonds is 4. The molecule has 1 aromatic rings. The molecule has 0 saturated heterocycles. The number of carbonyl (C=O) groups is 1. The van der Waals surface area contributed by atoms with Gasteiger partial charge in [0.05, 0.1) is 0 Å². The van der Waals surface area contributed by atoms with Gasteiger partial charge < -0.3 is 4.74 Å². The molecule has 0 spiro atoms. The topological polar surface area (TPSA) is 51.2 Å². The van der Waals surface area contributed by atoms with Crippen molar-refractivity contribution >= 4 is 33.9 Å². The van der Waals surface area contributed by atoms with E-state index in [0.717, 1.165) is 4.47 Å². The molecule has 0 aliphatic carbocycles. The normalized spacial score (nSPS) is 9.31. The van der Waals surface area contributed by atoms with Crippen LogP contribution in [0.25, 0.3) is 6.08 Å². The number of nitrogens with zero attached hydrogens (tertiary/aromatic N) is 1. The molecule has 1 rings (SSSR count). The van der Waals surface area contributed by atoms with E-state index in [2.05, 4.69) is 39.4 Å². The van der Waals surface area contributed by atoms with Crippen LogP contribution in [0, 0.1) is 0 Å². The molecule has 4 nitrogen and oxygen atoms in total. The third-order valence-corrected chi connectivity index (χ3v) is 2.09. The average Bonchev–Trinajstić information content (AvgIpc) is 2.28. The Morgan fingerprint density at radius 2 is 2.38 bits per heavy atom. The Kier molecular flexibility index (Phi) is 4.72. The van der Waals surface area contributed by atoms with E-state index in [0.29, 0.717) is 11.4 Å². The summed E-state index contributed by atoms with van der Waals surface area (Å²) < 4.78 is 5.58. The molecule has 0 atom stereocenters. The molecule has 5 heteroatoms. The number of pyridine rings is 1. The Bertz CT molecular complexity index is 418. The Balaban J connectivity index is 2.76. The van der Waals surface area contributed by atoms with E-state index >= 15 is 0 Å². The minimum absolute atomic E-state index is 0.159. The summed E-state index contributed by atoms with van der Waals surface area (Å²) in [6, 6.07) is 1.79. The first-order chi connectivity index (χ1) is 7.67. The number of hydrogen-bond donors (Lipinski definition) is 1. The SMILES string of the molecule is C=CCOC(=O)Nc1ncc(Br)cc1C=C. The van der Waals surface area contributed by atoms with Gasteiger partial charge >= 0.3 is 6.09 Å². The van der Waals surface area contributed by atoms with Crippen LogP contribution in [0.1, 0.15) is 5.56 Å². The monoisotopic (exact) mass is 282 g/mol. The third kappa shape index (κ3) is 3.51. The number of anilines is 1. The predicted octanol–water partition coefficient (Wildman–Crippen LogP) is 3.22. The summed E-state index contributed by atoms with van der Waals surface area (Å²) in [6.07, 6.45) is 4.10. The first-order valence-electron chi connectivity index (χ1n) is 4.50. The van der Waals surface area contributed by atoms with Gasteiger partial charge in [-0.05, 0) is 22.0 Å². The first-order valence-corrected chi connectivity index (χ1v) is 5.29. The lowest BCUT2D eigenvalue weighted by Crippen LogP contribution is -2.15. The molecule has 1 N–H and O–H groups in total. The average molecular weight is 283 g/mol. The van der Waals surface area contributed by atoms with Crippen LogP contribution in [0.3, 0.4) is 0 Å². The Hall–Kier alpha value is -1.62. The second-order valence-electron chi connectivity index (χ2n) is 2.81. The zero-order valence-corrected chi connectivity index (χ0v) is 10.2. The van der Waals surface area contributed by atoms with E-state index in [1.54, 1.807) is 18.3 Å². The van der Waals surface area contributed by atoms with Crippen LogP contribution in [0.4, 0.5) is 10.6 Å². The maximum absolute atomic E-state index is 11.3. The van der Waals surface area contributed by atoms with E-state index in [1.807, 2.05) is 0 Å². The van der Waals surface area contributed by atoms with E-state index in [1.165, 1.54) is 6.08 Å². The van der Waals surface area contributed by atoms with Crippen molar-refractivity contribution in [1.82, 2.24) is 4.98 Å². The Morgan fingerprint density at radius 1 is 1.62 bits per heavy atom. The summed E-state index contributed by atoms with van der Waals surface area (Å²) in [5.41, 5.74) is 0.713.